The van der Waals surface area contributed by atoms with Gasteiger partial charge in [0, 0.05) is 13.0 Å². The monoisotopic (exact) mass is 397 g/mol. The Morgan fingerprint density at radius 1 is 1.32 bits per heavy atom. The Morgan fingerprint density at radius 3 is 2.71 bits per heavy atom. The van der Waals surface area contributed by atoms with Gasteiger partial charge in [-0.3, -0.25) is 4.90 Å². The fourth-order valence-electron chi connectivity index (χ4n) is 3.92. The molecule has 3 N–H and O–H groups in total. The van der Waals surface area contributed by atoms with Gasteiger partial charge in [-0.15, -0.1) is 0 Å². The lowest BCUT2D eigenvalue weighted by Crippen LogP contribution is -2.64. The van der Waals surface area contributed by atoms with Crippen molar-refractivity contribution in [1.29, 1.82) is 0 Å². The number of nitrogens with two attached hydrogens (primary N) is 1. The molecule has 0 aromatic heterocycles. The Morgan fingerprint density at radius 2 is 2.11 bits per heavy atom. The third kappa shape index (κ3) is 3.78. The van der Waals surface area contributed by atoms with Gasteiger partial charge in [0.25, 0.3) is 0 Å². The van der Waals surface area contributed by atoms with E-state index in [2.05, 4.69) is 5.32 Å². The van der Waals surface area contributed by atoms with Crippen LogP contribution in [0.25, 0.3) is 0 Å². The van der Waals surface area contributed by atoms with Crippen molar-refractivity contribution in [1.82, 2.24) is 4.90 Å². The van der Waals surface area contributed by atoms with Crippen molar-refractivity contribution in [3.8, 4) is 0 Å². The minimum atomic E-state index is -4.54. The van der Waals surface area contributed by atoms with Gasteiger partial charge in [-0.2, -0.15) is 13.2 Å². The van der Waals surface area contributed by atoms with E-state index in [0.29, 0.717) is 24.7 Å². The second kappa shape index (κ2) is 7.95. The number of aldehydes is 1. The molecular formula is C20H23F4N3O. The first-order chi connectivity index (χ1) is 13.3. The first kappa shape index (κ1) is 20.4. The summed E-state index contributed by atoms with van der Waals surface area (Å²) in [6.07, 6.45) is 0.946. The lowest BCUT2D eigenvalue weighted by atomic mass is 9.83. The number of anilines is 2. The highest BCUT2D eigenvalue weighted by Gasteiger charge is 2.58. The van der Waals surface area contributed by atoms with Crippen LogP contribution in [0.3, 0.4) is 0 Å². The standard InChI is InChI=1S/C20H23F4N3O/c21-15-4-3-5-16(25)18(15)26-17-6-1-2-12-27(17)19(20(22,23)24)10-7-14(8-11-19)9-13-28/h3-5,7-8,10,13,17,26H,1-2,6,9,11-12,25H2. The number of benzene rings is 1. The van der Waals surface area contributed by atoms with Crippen LogP contribution >= 0.6 is 0 Å². The van der Waals surface area contributed by atoms with E-state index in [-0.39, 0.29) is 30.8 Å². The van der Waals surface area contributed by atoms with Crippen molar-refractivity contribution in [2.45, 2.75) is 50.0 Å². The van der Waals surface area contributed by atoms with Gasteiger partial charge in [-0.1, -0.05) is 24.3 Å². The number of likely N-dealkylation sites (tertiary alicyclic amines) is 1. The van der Waals surface area contributed by atoms with Crippen molar-refractivity contribution >= 4 is 17.7 Å². The molecule has 1 fully saturated rings. The zero-order valence-electron chi connectivity index (χ0n) is 15.3. The van der Waals surface area contributed by atoms with Gasteiger partial charge in [0.05, 0.1) is 17.5 Å². The summed E-state index contributed by atoms with van der Waals surface area (Å²) in [5, 5.41) is 2.91. The molecule has 2 atom stereocenters. The predicted molar refractivity (Wildman–Crippen MR) is 100 cm³/mol. The smallest absolute Gasteiger partial charge is 0.397 e. The van der Waals surface area contributed by atoms with Gasteiger partial charge >= 0.3 is 6.18 Å². The SMILES string of the molecule is Nc1cccc(F)c1NC1CCCCN1C1(C(F)(F)F)C=CC(CC=O)=CC1. The van der Waals surface area contributed by atoms with Crippen LogP contribution in [0.4, 0.5) is 28.9 Å². The van der Waals surface area contributed by atoms with Gasteiger partial charge in [-0.25, -0.2) is 4.39 Å². The fourth-order valence-corrected chi connectivity index (χ4v) is 3.92. The van der Waals surface area contributed by atoms with Gasteiger partial charge in [-0.05, 0) is 43.4 Å². The van der Waals surface area contributed by atoms with Crippen molar-refractivity contribution in [2.24, 2.45) is 0 Å². The van der Waals surface area contributed by atoms with Gasteiger partial charge in [0.1, 0.15) is 17.6 Å². The number of nitrogen functional groups attached to an aromatic ring is 1. The van der Waals surface area contributed by atoms with Crippen LogP contribution in [0.15, 0.2) is 42.0 Å². The topological polar surface area (TPSA) is 58.4 Å². The number of hydrogen-bond acceptors (Lipinski definition) is 4. The number of nitrogens with one attached hydrogen (secondary N) is 1. The molecule has 1 aliphatic carbocycles. The Hall–Kier alpha value is -2.35. The second-order valence-corrected chi connectivity index (χ2v) is 7.16. The Bertz CT molecular complexity index is 770. The number of rotatable bonds is 5. The van der Waals surface area contributed by atoms with Crippen LogP contribution in [0.1, 0.15) is 32.1 Å². The molecule has 1 heterocycles. The fraction of sp³-hybridized carbons (Fsp3) is 0.450. The average molecular weight is 397 g/mol. The number of para-hydroxylation sites is 1. The Balaban J connectivity index is 1.94. The summed E-state index contributed by atoms with van der Waals surface area (Å²) in [6, 6.07) is 4.18. The van der Waals surface area contributed by atoms with Crippen LogP contribution < -0.4 is 11.1 Å². The third-order valence-corrected chi connectivity index (χ3v) is 5.43. The molecule has 1 aliphatic heterocycles. The molecule has 1 aromatic rings. The van der Waals surface area contributed by atoms with Crippen LogP contribution in [0, 0.1) is 5.82 Å². The molecule has 1 aromatic carbocycles. The van der Waals surface area contributed by atoms with E-state index in [9.17, 15) is 22.4 Å². The third-order valence-electron chi connectivity index (χ3n) is 5.43. The van der Waals surface area contributed by atoms with Crippen LogP contribution in [-0.4, -0.2) is 35.6 Å². The molecular weight excluding hydrogens is 374 g/mol. The van der Waals surface area contributed by atoms with Crippen molar-refractivity contribution in [2.75, 3.05) is 17.6 Å². The number of piperidine rings is 1. The maximum Gasteiger partial charge on any atom is 0.410 e. The number of carbonyl (C=O) groups excluding carboxylic acids is 1. The molecule has 1 saturated heterocycles. The summed E-state index contributed by atoms with van der Waals surface area (Å²) in [6.45, 7) is 0.215. The number of carbonyl (C=O) groups is 1. The van der Waals surface area contributed by atoms with E-state index in [0.717, 1.165) is 12.5 Å². The molecule has 0 saturated carbocycles. The van der Waals surface area contributed by atoms with E-state index >= 15 is 0 Å². The van der Waals surface area contributed by atoms with E-state index < -0.39 is 23.7 Å². The van der Waals surface area contributed by atoms with Crippen LogP contribution in [0.2, 0.25) is 0 Å². The zero-order chi connectivity index (χ0) is 20.4. The minimum Gasteiger partial charge on any atom is -0.397 e. The summed E-state index contributed by atoms with van der Waals surface area (Å²) < 4.78 is 56.9. The molecule has 8 heteroatoms. The number of nitrogens with zero attached hydrogens (tertiary/aromatic N) is 1. The normalized spacial score (nSPS) is 26.0. The highest BCUT2D eigenvalue weighted by atomic mass is 19.4. The number of halogens is 4. The van der Waals surface area contributed by atoms with Crippen molar-refractivity contribution < 1.29 is 22.4 Å². The number of hydrogen-bond donors (Lipinski definition) is 2. The van der Waals surface area contributed by atoms with Gasteiger partial charge < -0.3 is 15.8 Å². The molecule has 0 radical (unpaired) electrons. The molecule has 0 spiro atoms. The number of allylic oxidation sites excluding steroid dienone is 2. The van der Waals surface area contributed by atoms with Crippen molar-refractivity contribution in [3.63, 3.8) is 0 Å². The summed E-state index contributed by atoms with van der Waals surface area (Å²) in [4.78, 5) is 12.0. The summed E-state index contributed by atoms with van der Waals surface area (Å²) in [5.74, 6) is -0.598. The van der Waals surface area contributed by atoms with E-state index in [4.69, 9.17) is 5.73 Å². The molecule has 0 amide bonds. The molecule has 28 heavy (non-hydrogen) atoms. The van der Waals surface area contributed by atoms with E-state index in [1.807, 2.05) is 0 Å². The summed E-state index contributed by atoms with van der Waals surface area (Å²) in [7, 11) is 0. The predicted octanol–water partition coefficient (Wildman–Crippen LogP) is 4.41. The van der Waals surface area contributed by atoms with E-state index in [1.54, 1.807) is 0 Å². The second-order valence-electron chi connectivity index (χ2n) is 7.16. The number of alkyl halides is 3. The Kier molecular flexibility index (Phi) is 5.79. The highest BCUT2D eigenvalue weighted by Crippen LogP contribution is 2.45. The lowest BCUT2D eigenvalue weighted by molar-refractivity contribution is -0.222. The van der Waals surface area contributed by atoms with E-state index in [1.165, 1.54) is 35.3 Å². The average Bonchev–Trinajstić information content (AvgIpc) is 2.65. The Labute approximate surface area is 161 Å². The lowest BCUT2D eigenvalue weighted by Gasteiger charge is -2.50. The first-order valence-electron chi connectivity index (χ1n) is 9.24. The van der Waals surface area contributed by atoms with Crippen LogP contribution in [0.5, 0.6) is 0 Å². The molecule has 0 bridgehead atoms. The molecule has 4 nitrogen and oxygen atoms in total. The quantitative estimate of drug-likeness (QED) is 0.439. The highest BCUT2D eigenvalue weighted by molar-refractivity contribution is 5.67. The molecule has 152 valence electrons. The zero-order valence-corrected chi connectivity index (χ0v) is 15.3. The molecule has 3 rings (SSSR count). The van der Waals surface area contributed by atoms with Gasteiger partial charge in [0.15, 0.2) is 0 Å². The maximum atomic E-state index is 14.2. The van der Waals surface area contributed by atoms with Gasteiger partial charge in [0.2, 0.25) is 0 Å². The molecule has 2 unspecified atom stereocenters. The molecule has 2 aliphatic rings. The van der Waals surface area contributed by atoms with Crippen LogP contribution in [-0.2, 0) is 4.79 Å². The summed E-state index contributed by atoms with van der Waals surface area (Å²) in [5.41, 5.74) is 4.36. The first-order valence-corrected chi connectivity index (χ1v) is 9.24. The summed E-state index contributed by atoms with van der Waals surface area (Å²) >= 11 is 0. The maximum absolute atomic E-state index is 14.2. The van der Waals surface area contributed by atoms with Crippen molar-refractivity contribution in [3.05, 3.63) is 47.8 Å². The minimum absolute atomic E-state index is 0.0219. The largest absolute Gasteiger partial charge is 0.410 e.